The van der Waals surface area contributed by atoms with E-state index in [1.165, 1.54) is 5.56 Å². The van der Waals surface area contributed by atoms with E-state index in [0.717, 1.165) is 11.3 Å². The Balaban J connectivity index is 2.10. The van der Waals surface area contributed by atoms with E-state index in [0.29, 0.717) is 11.8 Å². The molecule has 0 unspecified atom stereocenters. The van der Waals surface area contributed by atoms with Crippen molar-refractivity contribution in [1.29, 1.82) is 0 Å². The summed E-state index contributed by atoms with van der Waals surface area (Å²) in [5.74, 6) is 1.84. The zero-order valence-electron chi connectivity index (χ0n) is 11.5. The van der Waals surface area contributed by atoms with Crippen molar-refractivity contribution < 1.29 is 4.74 Å². The second-order valence-electron chi connectivity index (χ2n) is 5.51. The summed E-state index contributed by atoms with van der Waals surface area (Å²) in [4.78, 5) is 4.21. The topological polar surface area (TPSA) is 22.1 Å². The Labute approximate surface area is 119 Å². The van der Waals surface area contributed by atoms with Gasteiger partial charge in [0.2, 0.25) is 5.88 Å². The molecule has 0 saturated carbocycles. The van der Waals surface area contributed by atoms with Crippen LogP contribution in [0.4, 0.5) is 0 Å². The maximum atomic E-state index is 5.72. The first-order chi connectivity index (χ1) is 8.99. The second kappa shape index (κ2) is 5.62. The van der Waals surface area contributed by atoms with E-state index in [9.17, 15) is 0 Å². The Morgan fingerprint density at radius 3 is 2.21 bits per heavy atom. The maximum Gasteiger partial charge on any atom is 0.219 e. The minimum Gasteiger partial charge on any atom is -0.439 e. The van der Waals surface area contributed by atoms with Crippen LogP contribution in [0.2, 0.25) is 0 Å². The van der Waals surface area contributed by atoms with Gasteiger partial charge in [-0.2, -0.15) is 0 Å². The molecule has 0 fully saturated rings. The van der Waals surface area contributed by atoms with Crippen LogP contribution < -0.4 is 4.74 Å². The van der Waals surface area contributed by atoms with Gasteiger partial charge < -0.3 is 4.74 Å². The first kappa shape index (κ1) is 13.9. The number of hydrogen-bond acceptors (Lipinski definition) is 2. The number of nitrogens with zero attached hydrogens (tertiary/aromatic N) is 1. The molecule has 1 aromatic carbocycles. The van der Waals surface area contributed by atoms with Crippen molar-refractivity contribution in [2.75, 3.05) is 0 Å². The molecule has 0 aliphatic rings. The van der Waals surface area contributed by atoms with Crippen molar-refractivity contribution in [2.45, 2.75) is 32.1 Å². The van der Waals surface area contributed by atoms with Crippen LogP contribution in [-0.4, -0.2) is 4.98 Å². The molecule has 100 valence electrons. The number of hydrogen-bond donors (Lipinski definition) is 0. The number of benzene rings is 1. The van der Waals surface area contributed by atoms with E-state index in [2.05, 4.69) is 37.9 Å². The van der Waals surface area contributed by atoms with E-state index >= 15 is 0 Å². The Morgan fingerprint density at radius 2 is 1.74 bits per heavy atom. The van der Waals surface area contributed by atoms with Gasteiger partial charge in [0.1, 0.15) is 5.75 Å². The highest BCUT2D eigenvalue weighted by atomic mass is 35.5. The van der Waals surface area contributed by atoms with Crippen LogP contribution in [0.5, 0.6) is 11.6 Å². The molecule has 0 atom stereocenters. The van der Waals surface area contributed by atoms with Crippen molar-refractivity contribution >= 4 is 11.6 Å². The minimum atomic E-state index is 0.152. The standard InChI is InChI=1S/C16H18ClNO/c1-16(2,3)13-5-7-14(8-6-13)19-15-9-4-12(10-17)11-18-15/h4-9,11H,10H2,1-3H3. The number of ether oxygens (including phenoxy) is 1. The predicted molar refractivity (Wildman–Crippen MR) is 79.0 cm³/mol. The van der Waals surface area contributed by atoms with Crippen LogP contribution in [-0.2, 0) is 11.3 Å². The lowest BCUT2D eigenvalue weighted by atomic mass is 9.87. The SMILES string of the molecule is CC(C)(C)c1ccc(Oc2ccc(CCl)cn2)cc1. The lowest BCUT2D eigenvalue weighted by Crippen LogP contribution is -2.10. The molecule has 1 heterocycles. The molecule has 2 rings (SSSR count). The second-order valence-corrected chi connectivity index (χ2v) is 5.78. The van der Waals surface area contributed by atoms with E-state index < -0.39 is 0 Å². The summed E-state index contributed by atoms with van der Waals surface area (Å²) in [6.45, 7) is 6.57. The molecule has 0 N–H and O–H groups in total. The van der Waals surface area contributed by atoms with Gasteiger partial charge in [-0.1, -0.05) is 39.0 Å². The third-order valence-electron chi connectivity index (χ3n) is 2.89. The van der Waals surface area contributed by atoms with E-state index in [1.54, 1.807) is 6.20 Å². The van der Waals surface area contributed by atoms with Gasteiger partial charge in [-0.25, -0.2) is 4.98 Å². The Morgan fingerprint density at radius 1 is 1.05 bits per heavy atom. The number of pyridine rings is 1. The van der Waals surface area contributed by atoms with Gasteiger partial charge in [0.25, 0.3) is 0 Å². The Kier molecular flexibility index (Phi) is 4.11. The fraction of sp³-hybridized carbons (Fsp3) is 0.312. The fourth-order valence-electron chi connectivity index (χ4n) is 1.69. The molecule has 0 radical (unpaired) electrons. The molecule has 2 nitrogen and oxygen atoms in total. The summed E-state index contributed by atoms with van der Waals surface area (Å²) in [5.41, 5.74) is 2.42. The zero-order chi connectivity index (χ0) is 13.9. The molecule has 19 heavy (non-hydrogen) atoms. The first-order valence-corrected chi connectivity index (χ1v) is 6.82. The first-order valence-electron chi connectivity index (χ1n) is 6.28. The molecule has 0 saturated heterocycles. The van der Waals surface area contributed by atoms with Crippen molar-refractivity contribution in [2.24, 2.45) is 0 Å². The Hall–Kier alpha value is -1.54. The predicted octanol–water partition coefficient (Wildman–Crippen LogP) is 4.91. The summed E-state index contributed by atoms with van der Waals surface area (Å²) >= 11 is 5.72. The molecule has 0 aliphatic carbocycles. The average Bonchev–Trinajstić information content (AvgIpc) is 2.39. The van der Waals surface area contributed by atoms with Crippen molar-refractivity contribution in [3.05, 3.63) is 53.7 Å². The van der Waals surface area contributed by atoms with Gasteiger partial charge in [0.05, 0.1) is 0 Å². The van der Waals surface area contributed by atoms with Gasteiger partial charge in [-0.15, -0.1) is 11.6 Å². The monoisotopic (exact) mass is 275 g/mol. The van der Waals surface area contributed by atoms with Crippen LogP contribution in [0, 0.1) is 0 Å². The summed E-state index contributed by atoms with van der Waals surface area (Å²) in [6.07, 6.45) is 1.73. The lowest BCUT2D eigenvalue weighted by Gasteiger charge is -2.19. The minimum absolute atomic E-state index is 0.152. The molecular formula is C16H18ClNO. The van der Waals surface area contributed by atoms with Gasteiger partial charge in [0.15, 0.2) is 0 Å². The van der Waals surface area contributed by atoms with Gasteiger partial charge in [0, 0.05) is 18.1 Å². The van der Waals surface area contributed by atoms with Crippen molar-refractivity contribution in [3.8, 4) is 11.6 Å². The van der Waals surface area contributed by atoms with E-state index in [-0.39, 0.29) is 5.41 Å². The number of rotatable bonds is 3. The highest BCUT2D eigenvalue weighted by molar-refractivity contribution is 6.17. The van der Waals surface area contributed by atoms with Gasteiger partial charge >= 0.3 is 0 Å². The number of halogens is 1. The van der Waals surface area contributed by atoms with Crippen LogP contribution in [0.25, 0.3) is 0 Å². The van der Waals surface area contributed by atoms with Crippen LogP contribution in [0.15, 0.2) is 42.6 Å². The summed E-state index contributed by atoms with van der Waals surface area (Å²) in [5, 5.41) is 0. The van der Waals surface area contributed by atoms with Gasteiger partial charge in [-0.05, 0) is 28.7 Å². The average molecular weight is 276 g/mol. The maximum absolute atomic E-state index is 5.72. The van der Waals surface area contributed by atoms with Crippen LogP contribution in [0.3, 0.4) is 0 Å². The van der Waals surface area contributed by atoms with Crippen LogP contribution in [0.1, 0.15) is 31.9 Å². The molecule has 3 heteroatoms. The summed E-state index contributed by atoms with van der Waals surface area (Å²) in [6, 6.07) is 11.9. The van der Waals surface area contributed by atoms with Crippen molar-refractivity contribution in [3.63, 3.8) is 0 Å². The highest BCUT2D eigenvalue weighted by Crippen LogP contribution is 2.26. The number of aromatic nitrogens is 1. The summed E-state index contributed by atoms with van der Waals surface area (Å²) in [7, 11) is 0. The van der Waals surface area contributed by atoms with E-state index in [1.807, 2.05) is 24.3 Å². The quantitative estimate of drug-likeness (QED) is 0.743. The molecule has 0 bridgehead atoms. The molecule has 1 aromatic heterocycles. The number of alkyl halides is 1. The van der Waals surface area contributed by atoms with Crippen LogP contribution >= 0.6 is 11.6 Å². The van der Waals surface area contributed by atoms with Gasteiger partial charge in [-0.3, -0.25) is 0 Å². The normalized spacial score (nSPS) is 11.4. The molecule has 0 amide bonds. The molecule has 0 spiro atoms. The van der Waals surface area contributed by atoms with Crippen molar-refractivity contribution in [1.82, 2.24) is 4.98 Å². The molecule has 2 aromatic rings. The third-order valence-corrected chi connectivity index (χ3v) is 3.20. The summed E-state index contributed by atoms with van der Waals surface area (Å²) < 4.78 is 5.69. The van der Waals surface area contributed by atoms with E-state index in [4.69, 9.17) is 16.3 Å². The highest BCUT2D eigenvalue weighted by Gasteiger charge is 2.13. The third kappa shape index (κ3) is 3.71. The smallest absolute Gasteiger partial charge is 0.219 e. The lowest BCUT2D eigenvalue weighted by molar-refractivity contribution is 0.461. The molecular weight excluding hydrogens is 258 g/mol. The molecule has 0 aliphatic heterocycles. The Bertz CT molecular complexity index is 526. The fourth-order valence-corrected chi connectivity index (χ4v) is 1.85. The zero-order valence-corrected chi connectivity index (χ0v) is 12.2. The largest absolute Gasteiger partial charge is 0.439 e.